The Hall–Kier alpha value is -0.770. The maximum absolute atomic E-state index is 11.7. The first-order valence-electron chi connectivity index (χ1n) is 7.64. The van der Waals surface area contributed by atoms with Gasteiger partial charge in [0, 0.05) is 25.7 Å². The molecule has 0 bridgehead atoms. The molecule has 1 aliphatic heterocycles. The number of amides is 1. The van der Waals surface area contributed by atoms with E-state index in [2.05, 4.69) is 10.2 Å². The predicted octanol–water partition coefficient (Wildman–Crippen LogP) is 2.78. The molecule has 1 atom stereocenters. The first-order chi connectivity index (χ1) is 8.92. The Bertz CT molecular complexity index is 306. The van der Waals surface area contributed by atoms with Crippen LogP contribution in [-0.4, -0.2) is 42.3 Å². The van der Waals surface area contributed by atoms with Crippen LogP contribution >= 0.6 is 0 Å². The van der Waals surface area contributed by atoms with Crippen molar-refractivity contribution in [2.45, 2.75) is 64.5 Å². The van der Waals surface area contributed by atoms with Crippen LogP contribution in [0.4, 0.5) is 4.79 Å². The van der Waals surface area contributed by atoms with Crippen LogP contribution in [0.1, 0.15) is 52.9 Å². The number of nitrogens with zero attached hydrogens (tertiary/aromatic N) is 1. The van der Waals surface area contributed by atoms with E-state index in [9.17, 15) is 4.79 Å². The van der Waals surface area contributed by atoms with Crippen molar-refractivity contribution in [1.82, 2.24) is 10.2 Å². The number of ether oxygens (including phenoxy) is 1. The summed E-state index contributed by atoms with van der Waals surface area (Å²) in [5, 5.41) is 2.99. The molecular formula is C15H28N2O2. The van der Waals surface area contributed by atoms with Crippen LogP contribution in [-0.2, 0) is 4.74 Å². The Morgan fingerprint density at radius 1 is 1.26 bits per heavy atom. The molecule has 0 spiro atoms. The van der Waals surface area contributed by atoms with Gasteiger partial charge >= 0.3 is 6.09 Å². The highest BCUT2D eigenvalue weighted by atomic mass is 16.6. The molecule has 1 heterocycles. The molecule has 0 aromatic carbocycles. The van der Waals surface area contributed by atoms with Crippen molar-refractivity contribution < 1.29 is 9.53 Å². The summed E-state index contributed by atoms with van der Waals surface area (Å²) in [5.74, 6) is 0.889. The van der Waals surface area contributed by atoms with E-state index in [1.165, 1.54) is 32.2 Å². The zero-order valence-electron chi connectivity index (χ0n) is 12.6. The SMILES string of the molecule is CC(C)(C)OC(=O)N[C@H]1CCN(CC2CCCC2)C1. The Morgan fingerprint density at radius 2 is 1.95 bits per heavy atom. The average molecular weight is 268 g/mol. The second-order valence-electron chi connectivity index (χ2n) is 7.04. The summed E-state index contributed by atoms with van der Waals surface area (Å²) in [6, 6.07) is 0.260. The largest absolute Gasteiger partial charge is 0.444 e. The number of carbonyl (C=O) groups excluding carboxylic acids is 1. The van der Waals surface area contributed by atoms with Crippen molar-refractivity contribution in [1.29, 1.82) is 0 Å². The Morgan fingerprint density at radius 3 is 2.58 bits per heavy atom. The van der Waals surface area contributed by atoms with Gasteiger partial charge in [-0.3, -0.25) is 0 Å². The molecule has 1 saturated carbocycles. The molecule has 0 aromatic heterocycles. The lowest BCUT2D eigenvalue weighted by Gasteiger charge is -2.22. The fraction of sp³-hybridized carbons (Fsp3) is 0.933. The maximum Gasteiger partial charge on any atom is 0.407 e. The lowest BCUT2D eigenvalue weighted by atomic mass is 10.1. The topological polar surface area (TPSA) is 41.6 Å². The van der Waals surface area contributed by atoms with Gasteiger partial charge in [-0.1, -0.05) is 12.8 Å². The molecule has 4 heteroatoms. The maximum atomic E-state index is 11.7. The lowest BCUT2D eigenvalue weighted by Crippen LogP contribution is -2.40. The highest BCUT2D eigenvalue weighted by Crippen LogP contribution is 2.26. The molecule has 0 unspecified atom stereocenters. The summed E-state index contributed by atoms with van der Waals surface area (Å²) in [7, 11) is 0. The van der Waals surface area contributed by atoms with Crippen molar-refractivity contribution in [2.24, 2.45) is 5.92 Å². The van der Waals surface area contributed by atoms with E-state index < -0.39 is 5.60 Å². The molecule has 1 N–H and O–H groups in total. The van der Waals surface area contributed by atoms with Gasteiger partial charge in [0.25, 0.3) is 0 Å². The molecule has 2 rings (SSSR count). The lowest BCUT2D eigenvalue weighted by molar-refractivity contribution is 0.0505. The van der Waals surface area contributed by atoms with Crippen LogP contribution in [0.5, 0.6) is 0 Å². The third-order valence-corrected chi connectivity index (χ3v) is 3.98. The van der Waals surface area contributed by atoms with Crippen LogP contribution in [0.2, 0.25) is 0 Å². The van der Waals surface area contributed by atoms with Gasteiger partial charge in [-0.25, -0.2) is 4.79 Å². The van der Waals surface area contributed by atoms with Crippen LogP contribution in [0.25, 0.3) is 0 Å². The van der Waals surface area contributed by atoms with Crippen LogP contribution in [0.15, 0.2) is 0 Å². The second kappa shape index (κ2) is 6.12. The first-order valence-corrected chi connectivity index (χ1v) is 7.64. The van der Waals surface area contributed by atoms with Gasteiger partial charge < -0.3 is 15.0 Å². The normalized spacial score (nSPS) is 25.7. The summed E-state index contributed by atoms with van der Waals surface area (Å²) in [6.07, 6.45) is 6.35. The van der Waals surface area contributed by atoms with Gasteiger partial charge in [0.1, 0.15) is 5.60 Å². The zero-order chi connectivity index (χ0) is 13.9. The number of alkyl carbamates (subject to hydrolysis) is 1. The van der Waals surface area contributed by atoms with Crippen LogP contribution in [0.3, 0.4) is 0 Å². The van der Waals surface area contributed by atoms with Crippen molar-refractivity contribution in [2.75, 3.05) is 19.6 Å². The fourth-order valence-electron chi connectivity index (χ4n) is 3.15. The molecule has 2 aliphatic rings. The van der Waals surface area contributed by atoms with Gasteiger partial charge in [0.15, 0.2) is 0 Å². The summed E-state index contributed by atoms with van der Waals surface area (Å²) in [6.45, 7) is 8.99. The van der Waals surface area contributed by atoms with Gasteiger partial charge in [-0.2, -0.15) is 0 Å². The number of hydrogen-bond acceptors (Lipinski definition) is 3. The third-order valence-electron chi connectivity index (χ3n) is 3.98. The second-order valence-corrected chi connectivity index (χ2v) is 7.04. The highest BCUT2D eigenvalue weighted by Gasteiger charge is 2.28. The fourth-order valence-corrected chi connectivity index (χ4v) is 3.15. The monoisotopic (exact) mass is 268 g/mol. The number of carbonyl (C=O) groups is 1. The molecular weight excluding hydrogens is 240 g/mol. The number of hydrogen-bond donors (Lipinski definition) is 1. The molecule has 4 nitrogen and oxygen atoms in total. The van der Waals surface area contributed by atoms with E-state index in [-0.39, 0.29) is 12.1 Å². The minimum atomic E-state index is -0.410. The van der Waals surface area contributed by atoms with E-state index >= 15 is 0 Å². The van der Waals surface area contributed by atoms with Crippen molar-refractivity contribution in [3.63, 3.8) is 0 Å². The summed E-state index contributed by atoms with van der Waals surface area (Å²) >= 11 is 0. The molecule has 19 heavy (non-hydrogen) atoms. The number of nitrogens with one attached hydrogen (secondary N) is 1. The van der Waals surface area contributed by atoms with Crippen LogP contribution < -0.4 is 5.32 Å². The molecule has 1 aliphatic carbocycles. The number of rotatable bonds is 3. The van der Waals surface area contributed by atoms with E-state index in [1.54, 1.807) is 0 Å². The van der Waals surface area contributed by atoms with E-state index in [0.29, 0.717) is 0 Å². The Kier molecular flexibility index (Phi) is 4.71. The Labute approximate surface area is 116 Å². The van der Waals surface area contributed by atoms with Gasteiger partial charge in [0.05, 0.1) is 0 Å². The number of likely N-dealkylation sites (tertiary alicyclic amines) is 1. The molecule has 1 saturated heterocycles. The van der Waals surface area contributed by atoms with Gasteiger partial charge in [-0.05, 0) is 46.0 Å². The smallest absolute Gasteiger partial charge is 0.407 e. The molecule has 0 aromatic rings. The van der Waals surface area contributed by atoms with Gasteiger partial charge in [-0.15, -0.1) is 0 Å². The van der Waals surface area contributed by atoms with E-state index in [4.69, 9.17) is 4.74 Å². The van der Waals surface area contributed by atoms with Gasteiger partial charge in [0.2, 0.25) is 0 Å². The summed E-state index contributed by atoms with van der Waals surface area (Å²) < 4.78 is 5.30. The van der Waals surface area contributed by atoms with E-state index in [1.807, 2.05) is 20.8 Å². The molecule has 0 radical (unpaired) electrons. The molecule has 1 amide bonds. The minimum Gasteiger partial charge on any atom is -0.444 e. The van der Waals surface area contributed by atoms with Crippen molar-refractivity contribution in [3.8, 4) is 0 Å². The highest BCUT2D eigenvalue weighted by molar-refractivity contribution is 5.68. The first kappa shape index (κ1) is 14.6. The van der Waals surface area contributed by atoms with Crippen LogP contribution in [0, 0.1) is 5.92 Å². The van der Waals surface area contributed by atoms with Crippen molar-refractivity contribution in [3.05, 3.63) is 0 Å². The minimum absolute atomic E-state index is 0.260. The quantitative estimate of drug-likeness (QED) is 0.855. The zero-order valence-corrected chi connectivity index (χ0v) is 12.6. The van der Waals surface area contributed by atoms with Crippen molar-refractivity contribution >= 4 is 6.09 Å². The average Bonchev–Trinajstić information content (AvgIpc) is 2.88. The summed E-state index contributed by atoms with van der Waals surface area (Å²) in [4.78, 5) is 14.2. The Balaban J connectivity index is 1.68. The molecule has 2 fully saturated rings. The van der Waals surface area contributed by atoms with E-state index in [0.717, 1.165) is 25.4 Å². The summed E-state index contributed by atoms with van der Waals surface area (Å²) in [5.41, 5.74) is -0.410. The standard InChI is InChI=1S/C15H28N2O2/c1-15(2,3)19-14(18)16-13-8-9-17(11-13)10-12-6-4-5-7-12/h12-13H,4-11H2,1-3H3,(H,16,18)/t13-/m0/s1. The predicted molar refractivity (Wildman–Crippen MR) is 76.2 cm³/mol. The third kappa shape index (κ3) is 5.01. The molecule has 110 valence electrons.